The molecule has 1 aromatic carbocycles. The standard InChI is InChI=1S/C18H21F3N4O3/c1-22-17(25-11-16(26)23-10-15-3-2-8-27-15)24-9-13-4-6-14(7-5-13)28-12-18(19,20)21/h2-8H,9-12H2,1H3,(H,23,26)(H2,22,24,25). The van der Waals surface area contributed by atoms with Gasteiger partial charge in [0.1, 0.15) is 11.5 Å². The quantitative estimate of drug-likeness (QED) is 0.469. The minimum atomic E-state index is -4.37. The van der Waals surface area contributed by atoms with Crippen molar-refractivity contribution in [1.29, 1.82) is 0 Å². The molecule has 0 spiro atoms. The Labute approximate surface area is 160 Å². The molecule has 2 aromatic rings. The van der Waals surface area contributed by atoms with E-state index in [1.165, 1.54) is 18.4 Å². The predicted molar refractivity (Wildman–Crippen MR) is 96.7 cm³/mol. The van der Waals surface area contributed by atoms with E-state index in [2.05, 4.69) is 25.7 Å². The SMILES string of the molecule is CN=C(NCC(=O)NCc1ccco1)NCc1ccc(OCC(F)(F)F)cc1. The number of ether oxygens (including phenoxy) is 1. The highest BCUT2D eigenvalue weighted by atomic mass is 19.4. The van der Waals surface area contributed by atoms with Gasteiger partial charge in [-0.25, -0.2) is 0 Å². The second-order valence-electron chi connectivity index (χ2n) is 5.68. The molecule has 0 fully saturated rings. The normalized spacial score (nSPS) is 11.8. The first-order valence-electron chi connectivity index (χ1n) is 8.38. The summed E-state index contributed by atoms with van der Waals surface area (Å²) in [5, 5.41) is 8.57. The van der Waals surface area contributed by atoms with Gasteiger partial charge in [0.05, 0.1) is 19.4 Å². The van der Waals surface area contributed by atoms with Gasteiger partial charge in [-0.05, 0) is 29.8 Å². The highest BCUT2D eigenvalue weighted by Crippen LogP contribution is 2.18. The van der Waals surface area contributed by atoms with Crippen molar-refractivity contribution < 1.29 is 27.1 Å². The number of carbonyl (C=O) groups excluding carboxylic acids is 1. The molecular formula is C18H21F3N4O3. The fourth-order valence-corrected chi connectivity index (χ4v) is 2.10. The van der Waals surface area contributed by atoms with Crippen LogP contribution in [0.1, 0.15) is 11.3 Å². The molecule has 0 atom stereocenters. The van der Waals surface area contributed by atoms with E-state index in [4.69, 9.17) is 4.42 Å². The Morgan fingerprint density at radius 1 is 1.11 bits per heavy atom. The molecular weight excluding hydrogens is 377 g/mol. The second kappa shape index (κ2) is 10.2. The van der Waals surface area contributed by atoms with Crippen LogP contribution in [0.2, 0.25) is 0 Å². The summed E-state index contributed by atoms with van der Waals surface area (Å²) in [6, 6.07) is 9.69. The van der Waals surface area contributed by atoms with Crippen molar-refractivity contribution in [3.8, 4) is 5.75 Å². The second-order valence-corrected chi connectivity index (χ2v) is 5.68. The number of hydrogen-bond donors (Lipinski definition) is 3. The molecule has 0 aliphatic rings. The number of nitrogens with zero attached hydrogens (tertiary/aromatic N) is 1. The van der Waals surface area contributed by atoms with Gasteiger partial charge in [0.25, 0.3) is 0 Å². The summed E-state index contributed by atoms with van der Waals surface area (Å²) in [5.74, 6) is 0.964. The first-order chi connectivity index (χ1) is 13.4. The first kappa shape index (κ1) is 21.1. The summed E-state index contributed by atoms with van der Waals surface area (Å²) in [6.07, 6.45) is -2.84. The van der Waals surface area contributed by atoms with Gasteiger partial charge in [-0.1, -0.05) is 12.1 Å². The monoisotopic (exact) mass is 398 g/mol. The molecule has 0 aliphatic carbocycles. The summed E-state index contributed by atoms with van der Waals surface area (Å²) in [6.45, 7) is -0.650. The van der Waals surface area contributed by atoms with Gasteiger partial charge in [0.15, 0.2) is 12.6 Å². The van der Waals surface area contributed by atoms with Gasteiger partial charge in [0.2, 0.25) is 5.91 Å². The van der Waals surface area contributed by atoms with Gasteiger partial charge in [-0.3, -0.25) is 9.79 Å². The first-order valence-corrected chi connectivity index (χ1v) is 8.38. The van der Waals surface area contributed by atoms with E-state index in [1.807, 2.05) is 0 Å². The van der Waals surface area contributed by atoms with Crippen molar-refractivity contribution in [1.82, 2.24) is 16.0 Å². The zero-order valence-corrected chi connectivity index (χ0v) is 15.2. The van der Waals surface area contributed by atoms with Crippen LogP contribution in [-0.4, -0.2) is 38.2 Å². The zero-order valence-electron chi connectivity index (χ0n) is 15.2. The van der Waals surface area contributed by atoms with Crippen LogP contribution < -0.4 is 20.7 Å². The fourth-order valence-electron chi connectivity index (χ4n) is 2.10. The van der Waals surface area contributed by atoms with Crippen LogP contribution in [0.3, 0.4) is 0 Å². The minimum absolute atomic E-state index is 0.0185. The minimum Gasteiger partial charge on any atom is -0.484 e. The number of carbonyl (C=O) groups is 1. The van der Waals surface area contributed by atoms with Crippen LogP contribution in [0.25, 0.3) is 0 Å². The molecule has 7 nitrogen and oxygen atoms in total. The molecule has 0 radical (unpaired) electrons. The smallest absolute Gasteiger partial charge is 0.422 e. The summed E-state index contributed by atoms with van der Waals surface area (Å²) in [5.41, 5.74) is 0.810. The van der Waals surface area contributed by atoms with Crippen LogP contribution in [0.5, 0.6) is 5.75 Å². The molecule has 1 heterocycles. The number of amides is 1. The van der Waals surface area contributed by atoms with Crippen molar-refractivity contribution in [2.24, 2.45) is 4.99 Å². The number of aliphatic imine (C=N–C) groups is 1. The van der Waals surface area contributed by atoms with Gasteiger partial charge < -0.3 is 25.1 Å². The zero-order chi connectivity index (χ0) is 20.4. The van der Waals surface area contributed by atoms with Crippen LogP contribution in [0.4, 0.5) is 13.2 Å². The third-order valence-electron chi connectivity index (χ3n) is 3.47. The molecule has 0 saturated heterocycles. The van der Waals surface area contributed by atoms with E-state index in [-0.39, 0.29) is 18.2 Å². The fraction of sp³-hybridized carbons (Fsp3) is 0.333. The summed E-state index contributed by atoms with van der Waals surface area (Å²) < 4.78 is 46.2. The largest absolute Gasteiger partial charge is 0.484 e. The lowest BCUT2D eigenvalue weighted by atomic mass is 10.2. The molecule has 1 aromatic heterocycles. The third kappa shape index (κ3) is 8.02. The number of hydrogen-bond acceptors (Lipinski definition) is 4. The van der Waals surface area contributed by atoms with E-state index in [1.54, 1.807) is 31.3 Å². The lowest BCUT2D eigenvalue weighted by Gasteiger charge is -2.13. The molecule has 152 valence electrons. The van der Waals surface area contributed by atoms with Crippen LogP contribution in [0, 0.1) is 0 Å². The van der Waals surface area contributed by atoms with Crippen LogP contribution in [0.15, 0.2) is 52.1 Å². The Bertz CT molecular complexity index is 759. The van der Waals surface area contributed by atoms with Gasteiger partial charge in [-0.15, -0.1) is 0 Å². The number of nitrogens with one attached hydrogen (secondary N) is 3. The number of halogens is 3. The van der Waals surface area contributed by atoms with Crippen LogP contribution in [-0.2, 0) is 17.9 Å². The topological polar surface area (TPSA) is 87.9 Å². The lowest BCUT2D eigenvalue weighted by molar-refractivity contribution is -0.153. The maximum atomic E-state index is 12.1. The van der Waals surface area contributed by atoms with Crippen molar-refractivity contribution in [3.63, 3.8) is 0 Å². The van der Waals surface area contributed by atoms with Gasteiger partial charge in [0, 0.05) is 13.6 Å². The maximum Gasteiger partial charge on any atom is 0.422 e. The maximum absolute atomic E-state index is 12.1. The van der Waals surface area contributed by atoms with E-state index >= 15 is 0 Å². The molecule has 28 heavy (non-hydrogen) atoms. The molecule has 2 rings (SSSR count). The number of guanidine groups is 1. The molecule has 0 unspecified atom stereocenters. The molecule has 0 bridgehead atoms. The molecule has 0 saturated carbocycles. The highest BCUT2D eigenvalue weighted by Gasteiger charge is 2.28. The van der Waals surface area contributed by atoms with Gasteiger partial charge >= 0.3 is 6.18 Å². The third-order valence-corrected chi connectivity index (χ3v) is 3.47. The number of rotatable bonds is 8. The Morgan fingerprint density at radius 2 is 1.86 bits per heavy atom. The van der Waals surface area contributed by atoms with Crippen molar-refractivity contribution in [2.45, 2.75) is 19.3 Å². The molecule has 1 amide bonds. The number of benzene rings is 1. The summed E-state index contributed by atoms with van der Waals surface area (Å²) in [7, 11) is 1.56. The molecule has 0 aliphatic heterocycles. The Morgan fingerprint density at radius 3 is 2.46 bits per heavy atom. The highest BCUT2D eigenvalue weighted by molar-refractivity contribution is 5.86. The number of alkyl halides is 3. The number of furan rings is 1. The van der Waals surface area contributed by atoms with E-state index in [9.17, 15) is 18.0 Å². The summed E-state index contributed by atoms with van der Waals surface area (Å²) in [4.78, 5) is 15.8. The summed E-state index contributed by atoms with van der Waals surface area (Å²) >= 11 is 0. The van der Waals surface area contributed by atoms with E-state index in [0.29, 0.717) is 24.8 Å². The Kier molecular flexibility index (Phi) is 7.73. The molecule has 10 heteroatoms. The van der Waals surface area contributed by atoms with Crippen molar-refractivity contribution >= 4 is 11.9 Å². The van der Waals surface area contributed by atoms with Crippen molar-refractivity contribution in [2.75, 3.05) is 20.2 Å². The van der Waals surface area contributed by atoms with Crippen LogP contribution >= 0.6 is 0 Å². The van der Waals surface area contributed by atoms with E-state index in [0.717, 1.165) is 5.56 Å². The predicted octanol–water partition coefficient (Wildman–Crippen LogP) is 2.20. The molecule has 3 N–H and O–H groups in total. The van der Waals surface area contributed by atoms with E-state index < -0.39 is 12.8 Å². The van der Waals surface area contributed by atoms with Crippen molar-refractivity contribution in [3.05, 3.63) is 54.0 Å². The lowest BCUT2D eigenvalue weighted by Crippen LogP contribution is -2.42. The Hall–Kier alpha value is -3.17. The average molecular weight is 398 g/mol. The van der Waals surface area contributed by atoms with Gasteiger partial charge in [-0.2, -0.15) is 13.2 Å². The Balaban J connectivity index is 1.70. The average Bonchev–Trinajstić information content (AvgIpc) is 3.19.